The standard InChI is InChI=1S/C10H16F2O/c1-6(2)8-4-3-7(13)5-9(8)10(11)12/h6,8-10H,3-5H2,1-2H3. The lowest BCUT2D eigenvalue weighted by atomic mass is 9.73. The third kappa shape index (κ3) is 2.48. The molecular weight excluding hydrogens is 174 g/mol. The summed E-state index contributed by atoms with van der Waals surface area (Å²) in [5, 5.41) is 0. The molecule has 0 aromatic heterocycles. The molecule has 0 aromatic rings. The summed E-state index contributed by atoms with van der Waals surface area (Å²) in [7, 11) is 0. The van der Waals surface area contributed by atoms with Crippen LogP contribution in [-0.4, -0.2) is 12.2 Å². The highest BCUT2D eigenvalue weighted by Gasteiger charge is 2.36. The summed E-state index contributed by atoms with van der Waals surface area (Å²) in [5.41, 5.74) is 0. The summed E-state index contributed by atoms with van der Waals surface area (Å²) in [6.07, 6.45) is -1.12. The number of rotatable bonds is 2. The van der Waals surface area contributed by atoms with Gasteiger partial charge in [-0.2, -0.15) is 0 Å². The fourth-order valence-electron chi connectivity index (χ4n) is 2.16. The molecule has 2 atom stereocenters. The first kappa shape index (κ1) is 10.6. The van der Waals surface area contributed by atoms with Crippen molar-refractivity contribution in [2.24, 2.45) is 17.8 Å². The maximum Gasteiger partial charge on any atom is 0.242 e. The number of hydrogen-bond acceptors (Lipinski definition) is 1. The van der Waals surface area contributed by atoms with E-state index in [2.05, 4.69) is 0 Å². The van der Waals surface area contributed by atoms with E-state index in [0.717, 1.165) is 0 Å². The van der Waals surface area contributed by atoms with Crippen LogP contribution in [0.1, 0.15) is 33.1 Å². The van der Waals surface area contributed by atoms with Gasteiger partial charge in [-0.3, -0.25) is 4.79 Å². The van der Waals surface area contributed by atoms with Gasteiger partial charge in [-0.25, -0.2) is 8.78 Å². The van der Waals surface area contributed by atoms with Crippen molar-refractivity contribution in [3.05, 3.63) is 0 Å². The molecule has 0 heterocycles. The van der Waals surface area contributed by atoms with Gasteiger partial charge in [-0.05, 0) is 18.3 Å². The lowest BCUT2D eigenvalue weighted by Crippen LogP contribution is -2.33. The SMILES string of the molecule is CC(C)C1CCC(=O)CC1C(F)F. The Kier molecular flexibility index (Phi) is 3.40. The average Bonchev–Trinajstić information content (AvgIpc) is 2.03. The van der Waals surface area contributed by atoms with Crippen LogP contribution in [0.5, 0.6) is 0 Å². The zero-order valence-electron chi connectivity index (χ0n) is 8.09. The molecule has 76 valence electrons. The fourth-order valence-corrected chi connectivity index (χ4v) is 2.16. The van der Waals surface area contributed by atoms with Crippen LogP contribution >= 0.6 is 0 Å². The minimum absolute atomic E-state index is 0.00204. The average molecular weight is 190 g/mol. The summed E-state index contributed by atoms with van der Waals surface area (Å²) in [4.78, 5) is 11.0. The first-order valence-corrected chi connectivity index (χ1v) is 4.82. The molecule has 0 spiro atoms. The predicted octanol–water partition coefficient (Wildman–Crippen LogP) is 2.89. The van der Waals surface area contributed by atoms with Crippen molar-refractivity contribution in [2.75, 3.05) is 0 Å². The van der Waals surface area contributed by atoms with Crippen LogP contribution in [0.2, 0.25) is 0 Å². The van der Waals surface area contributed by atoms with Gasteiger partial charge in [0.15, 0.2) is 0 Å². The van der Waals surface area contributed by atoms with Crippen LogP contribution in [0.15, 0.2) is 0 Å². The van der Waals surface area contributed by atoms with E-state index >= 15 is 0 Å². The summed E-state index contributed by atoms with van der Waals surface area (Å²) in [5.74, 6) is -0.409. The Labute approximate surface area is 77.5 Å². The molecule has 0 amide bonds. The number of carbonyl (C=O) groups is 1. The molecule has 0 radical (unpaired) electrons. The number of halogens is 2. The normalized spacial score (nSPS) is 30.2. The number of ketones is 1. The molecule has 0 bridgehead atoms. The van der Waals surface area contributed by atoms with E-state index in [1.807, 2.05) is 13.8 Å². The second-order valence-corrected chi connectivity index (χ2v) is 4.19. The minimum Gasteiger partial charge on any atom is -0.300 e. The third-order valence-electron chi connectivity index (χ3n) is 2.95. The molecule has 0 aromatic carbocycles. The van der Waals surface area contributed by atoms with Crippen molar-refractivity contribution in [3.8, 4) is 0 Å². The quantitative estimate of drug-likeness (QED) is 0.654. The highest BCUT2D eigenvalue weighted by molar-refractivity contribution is 5.79. The summed E-state index contributed by atoms with van der Waals surface area (Å²) in [6, 6.07) is 0. The van der Waals surface area contributed by atoms with Gasteiger partial charge in [0.25, 0.3) is 0 Å². The molecular formula is C10H16F2O. The molecule has 1 aliphatic rings. The van der Waals surface area contributed by atoms with E-state index < -0.39 is 12.3 Å². The van der Waals surface area contributed by atoms with Crippen LogP contribution < -0.4 is 0 Å². The predicted molar refractivity (Wildman–Crippen MR) is 46.7 cm³/mol. The van der Waals surface area contributed by atoms with E-state index in [1.54, 1.807) is 0 Å². The fraction of sp³-hybridized carbons (Fsp3) is 0.900. The minimum atomic E-state index is -2.34. The summed E-state index contributed by atoms with van der Waals surface area (Å²) < 4.78 is 25.1. The maximum atomic E-state index is 12.6. The van der Waals surface area contributed by atoms with Gasteiger partial charge in [0.1, 0.15) is 5.78 Å². The smallest absolute Gasteiger partial charge is 0.242 e. The molecule has 1 rings (SSSR count). The Hall–Kier alpha value is -0.470. The van der Waals surface area contributed by atoms with Crippen LogP contribution in [0, 0.1) is 17.8 Å². The molecule has 1 fully saturated rings. The van der Waals surface area contributed by atoms with Crippen LogP contribution in [-0.2, 0) is 4.79 Å². The van der Waals surface area contributed by atoms with Gasteiger partial charge in [0.2, 0.25) is 6.43 Å². The van der Waals surface area contributed by atoms with E-state index in [4.69, 9.17) is 0 Å². The van der Waals surface area contributed by atoms with Crippen molar-refractivity contribution >= 4 is 5.78 Å². The van der Waals surface area contributed by atoms with Gasteiger partial charge in [-0.1, -0.05) is 13.8 Å². The molecule has 1 saturated carbocycles. The second-order valence-electron chi connectivity index (χ2n) is 4.19. The van der Waals surface area contributed by atoms with Gasteiger partial charge in [-0.15, -0.1) is 0 Å². The number of alkyl halides is 2. The van der Waals surface area contributed by atoms with Gasteiger partial charge < -0.3 is 0 Å². The third-order valence-corrected chi connectivity index (χ3v) is 2.95. The van der Waals surface area contributed by atoms with E-state index in [9.17, 15) is 13.6 Å². The zero-order chi connectivity index (χ0) is 10.0. The zero-order valence-corrected chi connectivity index (χ0v) is 8.09. The molecule has 1 nitrogen and oxygen atoms in total. The number of hydrogen-bond donors (Lipinski definition) is 0. The van der Waals surface area contributed by atoms with Gasteiger partial charge in [0.05, 0.1) is 0 Å². The molecule has 1 aliphatic carbocycles. The van der Waals surface area contributed by atoms with E-state index in [0.29, 0.717) is 12.8 Å². The Morgan fingerprint density at radius 3 is 2.38 bits per heavy atom. The van der Waals surface area contributed by atoms with Gasteiger partial charge in [0, 0.05) is 18.8 Å². The lowest BCUT2D eigenvalue weighted by molar-refractivity contribution is -0.126. The van der Waals surface area contributed by atoms with Gasteiger partial charge >= 0.3 is 0 Å². The largest absolute Gasteiger partial charge is 0.300 e. The molecule has 3 heteroatoms. The first-order valence-electron chi connectivity index (χ1n) is 4.82. The van der Waals surface area contributed by atoms with Crippen LogP contribution in [0.3, 0.4) is 0 Å². The highest BCUT2D eigenvalue weighted by atomic mass is 19.3. The van der Waals surface area contributed by atoms with Crippen molar-refractivity contribution in [1.82, 2.24) is 0 Å². The molecule has 0 N–H and O–H groups in total. The number of Topliss-reactive ketones (excluding diaryl/α,β-unsaturated/α-hetero) is 1. The van der Waals surface area contributed by atoms with Crippen molar-refractivity contribution in [1.29, 1.82) is 0 Å². The highest BCUT2D eigenvalue weighted by Crippen LogP contribution is 2.36. The Morgan fingerprint density at radius 1 is 1.31 bits per heavy atom. The number of carbonyl (C=O) groups excluding carboxylic acids is 1. The van der Waals surface area contributed by atoms with Crippen molar-refractivity contribution < 1.29 is 13.6 Å². The second kappa shape index (κ2) is 4.16. The van der Waals surface area contributed by atoms with Crippen LogP contribution in [0.4, 0.5) is 8.78 Å². The van der Waals surface area contributed by atoms with Crippen LogP contribution in [0.25, 0.3) is 0 Å². The Balaban J connectivity index is 2.66. The molecule has 0 saturated heterocycles. The molecule has 13 heavy (non-hydrogen) atoms. The van der Waals surface area contributed by atoms with Crippen molar-refractivity contribution in [3.63, 3.8) is 0 Å². The monoisotopic (exact) mass is 190 g/mol. The summed E-state index contributed by atoms with van der Waals surface area (Å²) >= 11 is 0. The molecule has 2 unspecified atom stereocenters. The summed E-state index contributed by atoms with van der Waals surface area (Å²) in [6.45, 7) is 3.91. The first-order chi connectivity index (χ1) is 6.02. The van der Waals surface area contributed by atoms with E-state index in [1.165, 1.54) is 0 Å². The lowest BCUT2D eigenvalue weighted by Gasteiger charge is -2.32. The molecule has 0 aliphatic heterocycles. The Bertz CT molecular complexity index is 189. The maximum absolute atomic E-state index is 12.6. The van der Waals surface area contributed by atoms with Crippen molar-refractivity contribution in [2.45, 2.75) is 39.5 Å². The van der Waals surface area contributed by atoms with E-state index in [-0.39, 0.29) is 24.0 Å². The Morgan fingerprint density at radius 2 is 1.92 bits per heavy atom. The topological polar surface area (TPSA) is 17.1 Å².